The van der Waals surface area contributed by atoms with E-state index in [1.807, 2.05) is 0 Å². The van der Waals surface area contributed by atoms with Gasteiger partial charge < -0.3 is 4.66 Å². The van der Waals surface area contributed by atoms with Crippen molar-refractivity contribution in [1.29, 1.82) is 0 Å². The first-order valence-electron chi connectivity index (χ1n) is 19.0. The molecule has 6 heteroatoms. The van der Waals surface area contributed by atoms with Crippen molar-refractivity contribution in [2.24, 2.45) is 0 Å². The molecule has 0 spiro atoms. The molecule has 0 heterocycles. The minimum Gasteiger partial charge on any atom is -0.769 e. The van der Waals surface area contributed by atoms with E-state index in [0.717, 1.165) is 0 Å². The fourth-order valence-electron chi connectivity index (χ4n) is 10.1. The van der Waals surface area contributed by atoms with Crippen molar-refractivity contribution in [2.45, 2.75) is 227 Å². The molecule has 0 aliphatic heterocycles. The first-order chi connectivity index (χ1) is 21.3. The van der Waals surface area contributed by atoms with Gasteiger partial charge in [-0.05, 0) is 111 Å². The summed E-state index contributed by atoms with van der Waals surface area (Å²) in [5, 5.41) is 0. The molecule has 6 aliphatic carbocycles. The minimum absolute atomic E-state index is 0.385. The minimum atomic E-state index is 0.385. The predicted octanol–water partition coefficient (Wildman–Crippen LogP) is 12.0. The number of carbonyl (C=O) groups excluding carboxylic acids is 1. The van der Waals surface area contributed by atoms with Crippen LogP contribution in [0.2, 0.25) is 0 Å². The van der Waals surface area contributed by atoms with Gasteiger partial charge in [0.15, 0.2) is 0 Å². The van der Waals surface area contributed by atoms with Gasteiger partial charge in [-0.15, -0.1) is 0 Å². The summed E-state index contributed by atoms with van der Waals surface area (Å²) < 4.78 is 9.15. The smallest absolute Gasteiger partial charge is 0.231 e. The van der Waals surface area contributed by atoms with Crippen LogP contribution < -0.4 is 4.66 Å². The van der Waals surface area contributed by atoms with Crippen molar-refractivity contribution >= 4 is 32.2 Å². The van der Waals surface area contributed by atoms with E-state index in [-0.39, 0.29) is 0 Å². The van der Waals surface area contributed by atoms with Crippen molar-refractivity contribution in [3.05, 3.63) is 0 Å². The van der Waals surface area contributed by atoms with Crippen LogP contribution in [-0.4, -0.2) is 38.4 Å². The zero-order valence-electron chi connectivity index (χ0n) is 27.6. The Labute approximate surface area is 284 Å². The van der Waals surface area contributed by atoms with E-state index in [1.54, 1.807) is 172 Å². The number of hydrogen-bond acceptors (Lipinski definition) is 2. The molecule has 0 saturated heterocycles. The average molecular weight is 741 g/mol. The Hall–Kier alpha value is 1.31. The molecule has 6 aliphatic rings. The molecule has 251 valence electrons. The molecule has 0 aromatic heterocycles. The van der Waals surface area contributed by atoms with E-state index in [1.165, 1.54) is 77.0 Å². The summed E-state index contributed by atoms with van der Waals surface area (Å²) in [4.78, 5) is 8.65. The molecule has 0 aromatic rings. The number of halogens is 1. The molecule has 0 atom stereocenters. The fourth-order valence-corrected chi connectivity index (χ4v) is 19.4. The zero-order valence-corrected chi connectivity index (χ0v) is 31.9. The van der Waals surface area contributed by atoms with Gasteiger partial charge in [-0.3, -0.25) is 0 Å². The van der Waals surface area contributed by atoms with E-state index in [2.05, 4.69) is 11.9 Å². The molecular formula is C37H66ClO2P2Ru. The second kappa shape index (κ2) is 24.5. The molecule has 0 unspecified atom stereocenters. The molecular weight excluding hydrogens is 675 g/mol. The van der Waals surface area contributed by atoms with E-state index < -0.39 is 0 Å². The summed E-state index contributed by atoms with van der Waals surface area (Å²) in [7, 11) is 0.770. The summed E-state index contributed by atoms with van der Waals surface area (Å²) in [6.45, 7) is 0. The van der Waals surface area contributed by atoms with Gasteiger partial charge in [-0.25, -0.2) is 11.9 Å². The van der Waals surface area contributed by atoms with Crippen LogP contribution in [-0.2, 0) is 22.6 Å². The van der Waals surface area contributed by atoms with E-state index in [0.29, 0.717) is 15.8 Å². The monoisotopic (exact) mass is 741 g/mol. The Morgan fingerprint density at radius 2 is 0.488 bits per heavy atom. The van der Waals surface area contributed by atoms with Gasteiger partial charge in [-0.2, -0.15) is 0 Å². The van der Waals surface area contributed by atoms with Gasteiger partial charge in [0.05, 0.1) is 0 Å². The van der Waals surface area contributed by atoms with Gasteiger partial charge in [0.25, 0.3) is 0 Å². The van der Waals surface area contributed by atoms with E-state index in [4.69, 9.17) is 9.45 Å². The van der Waals surface area contributed by atoms with Crippen LogP contribution in [0, 0.1) is 0 Å². The largest absolute Gasteiger partial charge is 0.769 e. The summed E-state index contributed by atoms with van der Waals surface area (Å²) in [5.41, 5.74) is 7.14. The number of rotatable bonds is 6. The second-order valence-corrected chi connectivity index (χ2v) is 21.2. The standard InChI is InChI=1S/2C18H33P.CO.ClO.Ru/c2*1-4-10-16(11-5-1)19(17-12-6-2-7-13-17)18-14-8-3-9-15-18;2*1-2;/h2*16-18H,1-15H2;;;/q;;;-1;+1. The van der Waals surface area contributed by atoms with Crippen molar-refractivity contribution in [3.8, 4) is 0 Å². The van der Waals surface area contributed by atoms with Crippen molar-refractivity contribution in [3.63, 3.8) is 0 Å². The molecule has 0 amide bonds. The third-order valence-electron chi connectivity index (χ3n) is 12.0. The Bertz CT molecular complexity index is 560. The van der Waals surface area contributed by atoms with Gasteiger partial charge >= 0.3 is 27.1 Å². The molecule has 0 aromatic carbocycles. The molecule has 0 N–H and O–H groups in total. The Kier molecular flexibility index (Phi) is 22.0. The third kappa shape index (κ3) is 13.8. The van der Waals surface area contributed by atoms with Gasteiger partial charge in [-0.1, -0.05) is 131 Å². The van der Waals surface area contributed by atoms with E-state index in [9.17, 15) is 0 Å². The predicted molar refractivity (Wildman–Crippen MR) is 187 cm³/mol. The zero-order chi connectivity index (χ0) is 30.5. The summed E-state index contributed by atoms with van der Waals surface area (Å²) in [6, 6.07) is 0. The molecule has 0 radical (unpaired) electrons. The molecule has 6 fully saturated rings. The van der Waals surface area contributed by atoms with Gasteiger partial charge in [0, 0.05) is 0 Å². The average Bonchev–Trinajstić information content (AvgIpc) is 3.10. The first-order valence-corrected chi connectivity index (χ1v) is 23.3. The van der Waals surface area contributed by atoms with Crippen LogP contribution in [0.1, 0.15) is 193 Å². The van der Waals surface area contributed by atoms with E-state index >= 15 is 0 Å². The molecule has 43 heavy (non-hydrogen) atoms. The van der Waals surface area contributed by atoms with Crippen molar-refractivity contribution in [2.75, 3.05) is 0 Å². The topological polar surface area (TPSA) is 40.1 Å². The van der Waals surface area contributed by atoms with Crippen LogP contribution in [0.25, 0.3) is 0 Å². The molecule has 2 nitrogen and oxygen atoms in total. The Balaban J connectivity index is 0.000000205. The van der Waals surface area contributed by atoms with Crippen LogP contribution >= 0.6 is 27.7 Å². The summed E-state index contributed by atoms with van der Waals surface area (Å²) >= 11 is 5.09. The Morgan fingerprint density at radius 3 is 0.605 bits per heavy atom. The molecule has 6 rings (SSSR count). The van der Waals surface area contributed by atoms with Gasteiger partial charge in [0.2, 0.25) is 0 Å². The Morgan fingerprint density at radius 1 is 0.372 bits per heavy atom. The maximum atomic E-state index is 8.65. The summed E-state index contributed by atoms with van der Waals surface area (Å²) in [5.74, 6) is 0. The fraction of sp³-hybridized carbons (Fsp3) is 0.973. The number of hydrogen-bond donors (Lipinski definition) is 0. The maximum absolute atomic E-state index is 8.65. The van der Waals surface area contributed by atoms with Crippen LogP contribution in [0.3, 0.4) is 0 Å². The van der Waals surface area contributed by atoms with Crippen LogP contribution in [0.5, 0.6) is 0 Å². The first kappa shape index (κ1) is 38.8. The third-order valence-corrected chi connectivity index (χ3v) is 20.1. The van der Waals surface area contributed by atoms with Crippen molar-refractivity contribution in [1.82, 2.24) is 0 Å². The van der Waals surface area contributed by atoms with Gasteiger partial charge in [0.1, 0.15) is 0 Å². The molecule has 0 bridgehead atoms. The quantitative estimate of drug-likeness (QED) is 0.201. The van der Waals surface area contributed by atoms with Crippen LogP contribution in [0.15, 0.2) is 0 Å². The SMILES string of the molecule is C1CCC(P(C2CCCCC2)C2CCCCC2)CC1.C1CCC(P(C2CCCCC2)C2CCCCC2)CC1.O=[C]=[Ru+].[O-]Cl. The van der Waals surface area contributed by atoms with Crippen molar-refractivity contribution < 1.29 is 27.3 Å². The normalized spacial score (nSPS) is 25.9. The maximum Gasteiger partial charge on any atom is -0.231 e. The summed E-state index contributed by atoms with van der Waals surface area (Å²) in [6.07, 6.45) is 47.2. The second-order valence-electron chi connectivity index (χ2n) is 14.7. The van der Waals surface area contributed by atoms with Crippen LogP contribution in [0.4, 0.5) is 0 Å². The molecule has 6 saturated carbocycles.